The van der Waals surface area contributed by atoms with Gasteiger partial charge in [0, 0.05) is 39.0 Å². The van der Waals surface area contributed by atoms with Crippen LogP contribution in [0.4, 0.5) is 5.95 Å². The van der Waals surface area contributed by atoms with Gasteiger partial charge in [-0.15, -0.1) is 0 Å². The van der Waals surface area contributed by atoms with Gasteiger partial charge in [0.1, 0.15) is 0 Å². The molecule has 1 aromatic rings. The van der Waals surface area contributed by atoms with Gasteiger partial charge < -0.3 is 19.5 Å². The van der Waals surface area contributed by atoms with Gasteiger partial charge in [-0.25, -0.2) is 4.98 Å². The quantitative estimate of drug-likeness (QED) is 0.710. The first-order valence-electron chi connectivity index (χ1n) is 8.30. The molecule has 0 amide bonds. The van der Waals surface area contributed by atoms with Crippen molar-refractivity contribution in [3.05, 3.63) is 11.9 Å². The van der Waals surface area contributed by atoms with Gasteiger partial charge in [-0.2, -0.15) is 0 Å². The number of nitrogens with one attached hydrogen (secondary N) is 1. The van der Waals surface area contributed by atoms with E-state index >= 15 is 0 Å². The van der Waals surface area contributed by atoms with Crippen molar-refractivity contribution in [3.63, 3.8) is 0 Å². The molecule has 1 aliphatic heterocycles. The SMILES string of the molecule is CCOCCCNc1nc(C)cn1CC1CCN(CC)C1. The zero-order valence-corrected chi connectivity index (χ0v) is 13.8. The van der Waals surface area contributed by atoms with E-state index in [-0.39, 0.29) is 0 Å². The van der Waals surface area contributed by atoms with E-state index in [2.05, 4.69) is 39.8 Å². The number of rotatable bonds is 9. The highest BCUT2D eigenvalue weighted by atomic mass is 16.5. The molecule has 21 heavy (non-hydrogen) atoms. The molecule has 120 valence electrons. The van der Waals surface area contributed by atoms with Crippen LogP contribution in [0.25, 0.3) is 0 Å². The molecule has 0 aliphatic carbocycles. The van der Waals surface area contributed by atoms with E-state index in [0.29, 0.717) is 0 Å². The zero-order chi connectivity index (χ0) is 15.1. The van der Waals surface area contributed by atoms with Gasteiger partial charge >= 0.3 is 0 Å². The van der Waals surface area contributed by atoms with Gasteiger partial charge in [-0.05, 0) is 45.7 Å². The number of likely N-dealkylation sites (tertiary alicyclic amines) is 1. The first kappa shape index (κ1) is 16.3. The van der Waals surface area contributed by atoms with Crippen molar-refractivity contribution in [3.8, 4) is 0 Å². The Kier molecular flexibility index (Phi) is 6.51. The van der Waals surface area contributed by atoms with Gasteiger partial charge in [-0.3, -0.25) is 0 Å². The summed E-state index contributed by atoms with van der Waals surface area (Å²) in [6, 6.07) is 0. The summed E-state index contributed by atoms with van der Waals surface area (Å²) in [5, 5.41) is 3.45. The van der Waals surface area contributed by atoms with Crippen LogP contribution in [-0.4, -0.2) is 53.8 Å². The number of aryl methyl sites for hydroxylation is 1. The largest absolute Gasteiger partial charge is 0.382 e. The van der Waals surface area contributed by atoms with Gasteiger partial charge in [0.25, 0.3) is 0 Å². The van der Waals surface area contributed by atoms with Crippen LogP contribution in [0.1, 0.15) is 32.4 Å². The van der Waals surface area contributed by atoms with E-state index in [9.17, 15) is 0 Å². The van der Waals surface area contributed by atoms with E-state index < -0.39 is 0 Å². The summed E-state index contributed by atoms with van der Waals surface area (Å²) < 4.78 is 7.66. The molecule has 1 saturated heterocycles. The molecule has 5 nitrogen and oxygen atoms in total. The number of hydrogen-bond acceptors (Lipinski definition) is 4. The van der Waals surface area contributed by atoms with Gasteiger partial charge in [0.2, 0.25) is 5.95 Å². The molecule has 1 aromatic heterocycles. The number of hydrogen-bond donors (Lipinski definition) is 1. The highest BCUT2D eigenvalue weighted by Crippen LogP contribution is 2.20. The molecule has 0 spiro atoms. The van der Waals surface area contributed by atoms with Crippen molar-refractivity contribution in [1.82, 2.24) is 14.5 Å². The minimum absolute atomic E-state index is 0.752. The van der Waals surface area contributed by atoms with Crippen molar-refractivity contribution in [1.29, 1.82) is 0 Å². The molecule has 1 atom stereocenters. The second-order valence-corrected chi connectivity index (χ2v) is 5.88. The lowest BCUT2D eigenvalue weighted by Gasteiger charge is -2.15. The molecule has 1 N–H and O–H groups in total. The van der Waals surface area contributed by atoms with Crippen molar-refractivity contribution in [2.45, 2.75) is 40.2 Å². The Morgan fingerprint density at radius 3 is 3.00 bits per heavy atom. The fourth-order valence-corrected chi connectivity index (χ4v) is 2.97. The van der Waals surface area contributed by atoms with Crippen molar-refractivity contribution in [2.24, 2.45) is 5.92 Å². The molecular formula is C16H30N4O. The van der Waals surface area contributed by atoms with E-state index in [4.69, 9.17) is 4.74 Å². The zero-order valence-electron chi connectivity index (χ0n) is 13.8. The van der Waals surface area contributed by atoms with Crippen LogP contribution < -0.4 is 5.32 Å². The Morgan fingerprint density at radius 2 is 2.29 bits per heavy atom. The molecule has 5 heteroatoms. The molecule has 0 aromatic carbocycles. The maximum atomic E-state index is 5.37. The monoisotopic (exact) mass is 294 g/mol. The smallest absolute Gasteiger partial charge is 0.203 e. The Bertz CT molecular complexity index is 418. The third kappa shape index (κ3) is 5.00. The normalized spacial score (nSPS) is 19.3. The molecule has 0 bridgehead atoms. The van der Waals surface area contributed by atoms with Crippen LogP contribution in [0.5, 0.6) is 0 Å². The van der Waals surface area contributed by atoms with Crippen LogP contribution in [0.15, 0.2) is 6.20 Å². The Hall–Kier alpha value is -1.07. The lowest BCUT2D eigenvalue weighted by molar-refractivity contribution is 0.147. The molecule has 1 unspecified atom stereocenters. The van der Waals surface area contributed by atoms with Crippen LogP contribution in [0.3, 0.4) is 0 Å². The minimum Gasteiger partial charge on any atom is -0.382 e. The summed E-state index contributed by atoms with van der Waals surface area (Å²) in [6.07, 6.45) is 4.49. The van der Waals surface area contributed by atoms with Gasteiger partial charge in [0.15, 0.2) is 0 Å². The molecular weight excluding hydrogens is 264 g/mol. The second-order valence-electron chi connectivity index (χ2n) is 5.88. The first-order chi connectivity index (χ1) is 10.2. The first-order valence-corrected chi connectivity index (χ1v) is 8.30. The summed E-state index contributed by atoms with van der Waals surface area (Å²) >= 11 is 0. The number of imidazole rings is 1. The molecule has 1 fully saturated rings. The van der Waals surface area contributed by atoms with Crippen molar-refractivity contribution < 1.29 is 4.74 Å². The number of ether oxygens (including phenoxy) is 1. The average molecular weight is 294 g/mol. The maximum Gasteiger partial charge on any atom is 0.203 e. The Balaban J connectivity index is 1.82. The fourth-order valence-electron chi connectivity index (χ4n) is 2.97. The molecule has 2 heterocycles. The average Bonchev–Trinajstić information content (AvgIpc) is 3.06. The Labute approximate surface area is 128 Å². The standard InChI is InChI=1S/C16H30N4O/c1-4-19-9-7-15(12-19)13-20-11-14(3)18-16(20)17-8-6-10-21-5-2/h11,15H,4-10,12-13H2,1-3H3,(H,17,18). The summed E-state index contributed by atoms with van der Waals surface area (Å²) in [5.41, 5.74) is 1.09. The predicted molar refractivity (Wildman–Crippen MR) is 86.8 cm³/mol. The number of anilines is 1. The molecule has 0 saturated carbocycles. The van der Waals surface area contributed by atoms with Crippen LogP contribution >= 0.6 is 0 Å². The lowest BCUT2D eigenvalue weighted by atomic mass is 10.1. The molecule has 2 rings (SSSR count). The molecule has 0 radical (unpaired) electrons. The van der Waals surface area contributed by atoms with E-state index in [1.54, 1.807) is 0 Å². The van der Waals surface area contributed by atoms with Gasteiger partial charge in [-0.1, -0.05) is 6.92 Å². The van der Waals surface area contributed by atoms with Crippen molar-refractivity contribution >= 4 is 5.95 Å². The van der Waals surface area contributed by atoms with E-state index in [0.717, 1.165) is 50.3 Å². The topological polar surface area (TPSA) is 42.3 Å². The maximum absolute atomic E-state index is 5.37. The number of aromatic nitrogens is 2. The van der Waals surface area contributed by atoms with E-state index in [1.807, 2.05) is 6.92 Å². The molecule has 1 aliphatic rings. The predicted octanol–water partition coefficient (Wildman–Crippen LogP) is 2.37. The van der Waals surface area contributed by atoms with Crippen LogP contribution in [-0.2, 0) is 11.3 Å². The third-order valence-corrected chi connectivity index (χ3v) is 4.12. The van der Waals surface area contributed by atoms with E-state index in [1.165, 1.54) is 26.1 Å². The number of nitrogens with zero attached hydrogens (tertiary/aromatic N) is 3. The second kappa shape index (κ2) is 8.39. The third-order valence-electron chi connectivity index (χ3n) is 4.12. The highest BCUT2D eigenvalue weighted by Gasteiger charge is 2.22. The summed E-state index contributed by atoms with van der Waals surface area (Å²) in [7, 11) is 0. The fraction of sp³-hybridized carbons (Fsp3) is 0.812. The van der Waals surface area contributed by atoms with Crippen LogP contribution in [0.2, 0.25) is 0 Å². The van der Waals surface area contributed by atoms with Crippen molar-refractivity contribution in [2.75, 3.05) is 44.7 Å². The lowest BCUT2D eigenvalue weighted by Crippen LogP contribution is -2.21. The summed E-state index contributed by atoms with van der Waals surface area (Å²) in [6.45, 7) is 13.6. The summed E-state index contributed by atoms with van der Waals surface area (Å²) in [4.78, 5) is 7.14. The Morgan fingerprint density at radius 1 is 1.43 bits per heavy atom. The van der Waals surface area contributed by atoms with Gasteiger partial charge in [0.05, 0.1) is 5.69 Å². The minimum atomic E-state index is 0.752. The highest BCUT2D eigenvalue weighted by molar-refractivity contribution is 5.28. The van der Waals surface area contributed by atoms with Crippen LogP contribution in [0, 0.1) is 12.8 Å². The summed E-state index contributed by atoms with van der Waals surface area (Å²) in [5.74, 6) is 1.77.